The van der Waals surface area contributed by atoms with Gasteiger partial charge in [-0.25, -0.2) is 0 Å². The minimum atomic E-state index is -5.67. The third-order valence-electron chi connectivity index (χ3n) is 7.56. The lowest BCUT2D eigenvalue weighted by molar-refractivity contribution is -0.0500. The molecule has 2 saturated carbocycles. The molecule has 2 fully saturated rings. The van der Waals surface area contributed by atoms with Gasteiger partial charge in [0.25, 0.3) is 0 Å². The van der Waals surface area contributed by atoms with Gasteiger partial charge in [0.15, 0.2) is 0 Å². The number of benzene rings is 2. The van der Waals surface area contributed by atoms with Crippen LogP contribution in [0.1, 0.15) is 92.7 Å². The zero-order valence-corrected chi connectivity index (χ0v) is 32.1. The fourth-order valence-corrected chi connectivity index (χ4v) is 6.50. The second-order valence-corrected chi connectivity index (χ2v) is 25.9. The molecule has 3 nitrogen and oxygen atoms in total. The summed E-state index contributed by atoms with van der Waals surface area (Å²) in [7, 11) is -8.09. The van der Waals surface area contributed by atoms with Gasteiger partial charge in [0.2, 0.25) is 0 Å². The van der Waals surface area contributed by atoms with Crippen LogP contribution < -0.4 is 4.18 Å². The molecule has 4 rings (SSSR count). The minimum Gasteiger partial charge on any atom is -0.376 e. The topological polar surface area (TPSA) is 43.4 Å². The second-order valence-electron chi connectivity index (χ2n) is 14.0. The van der Waals surface area contributed by atoms with Crippen molar-refractivity contribution in [1.82, 2.24) is 0 Å². The summed E-state index contributed by atoms with van der Waals surface area (Å²) in [6, 6.07) is 10.2. The fraction of sp³-hybridized carbons (Fsp3) is 0.543. The lowest BCUT2D eigenvalue weighted by atomic mass is 9.82. The van der Waals surface area contributed by atoms with Crippen molar-refractivity contribution in [1.29, 1.82) is 0 Å². The van der Waals surface area contributed by atoms with Crippen LogP contribution in [0.15, 0.2) is 36.4 Å². The average Bonchev–Trinajstić information content (AvgIpc) is 2.97. The molecule has 0 saturated heterocycles. The van der Waals surface area contributed by atoms with Crippen LogP contribution in [0.4, 0.5) is 13.2 Å². The van der Waals surface area contributed by atoms with Crippen molar-refractivity contribution >= 4 is 49.5 Å². The van der Waals surface area contributed by atoms with Gasteiger partial charge in [-0.1, -0.05) is 107 Å². The van der Waals surface area contributed by atoms with E-state index >= 15 is 0 Å². The normalized spacial score (nSPS) is 16.4. The zero-order chi connectivity index (χ0) is 34.8. The van der Waals surface area contributed by atoms with Gasteiger partial charge in [0.05, 0.1) is 0 Å². The molecule has 0 aliphatic heterocycles. The van der Waals surface area contributed by atoms with E-state index < -0.39 is 31.8 Å². The first-order chi connectivity index (χ1) is 21.2. The molecule has 0 atom stereocenters. The summed E-state index contributed by atoms with van der Waals surface area (Å²) in [5.41, 5.74) is 3.80. The van der Waals surface area contributed by atoms with Crippen LogP contribution in [0.5, 0.6) is 5.75 Å². The largest absolute Gasteiger partial charge is 0.534 e. The molecule has 254 valence electrons. The lowest BCUT2D eigenvalue weighted by Crippen LogP contribution is -2.28. The maximum Gasteiger partial charge on any atom is 0.534 e. The second kappa shape index (κ2) is 17.5. The average molecular weight is 732 g/mol. The number of hydrogen-bond acceptors (Lipinski definition) is 3. The summed E-state index contributed by atoms with van der Waals surface area (Å²) in [4.78, 5) is 0. The van der Waals surface area contributed by atoms with Crippen molar-refractivity contribution in [2.45, 2.75) is 121 Å². The Morgan fingerprint density at radius 2 is 1.20 bits per heavy atom. The van der Waals surface area contributed by atoms with E-state index in [-0.39, 0.29) is 11.7 Å². The van der Waals surface area contributed by atoms with Gasteiger partial charge in [0, 0.05) is 21.2 Å². The molecule has 0 unspecified atom stereocenters. The Balaban J connectivity index is 0.000000273. The highest BCUT2D eigenvalue weighted by molar-refractivity contribution is 7.88. The van der Waals surface area contributed by atoms with E-state index in [9.17, 15) is 21.6 Å². The first kappa shape index (κ1) is 40.3. The molecule has 2 aliphatic carbocycles. The molecule has 0 N–H and O–H groups in total. The smallest absolute Gasteiger partial charge is 0.376 e. The first-order valence-corrected chi connectivity index (χ1v) is 25.0. The molecule has 0 aromatic heterocycles. The Labute approximate surface area is 287 Å². The zero-order valence-electron chi connectivity index (χ0n) is 27.8. The third-order valence-corrected chi connectivity index (χ3v) is 10.7. The lowest BCUT2D eigenvalue weighted by Gasteiger charge is -2.24. The number of hydrogen-bond donors (Lipinski definition) is 0. The fourth-order valence-electron chi connectivity index (χ4n) is 5.15. The summed E-state index contributed by atoms with van der Waals surface area (Å²) >= 11 is 12.1. The molecule has 2 aliphatic rings. The Hall–Kier alpha value is -1.89. The summed E-state index contributed by atoms with van der Waals surface area (Å²) in [6.07, 6.45) is 16.3. The van der Waals surface area contributed by atoms with Crippen molar-refractivity contribution in [3.8, 4) is 29.2 Å². The van der Waals surface area contributed by atoms with Crippen molar-refractivity contribution in [3.63, 3.8) is 0 Å². The van der Waals surface area contributed by atoms with E-state index in [1.165, 1.54) is 61.4 Å². The van der Waals surface area contributed by atoms with Gasteiger partial charge in [-0.3, -0.25) is 0 Å². The molecule has 2 aromatic carbocycles. The van der Waals surface area contributed by atoms with Crippen molar-refractivity contribution in [2.24, 2.45) is 0 Å². The van der Waals surface area contributed by atoms with Crippen LogP contribution in [0.2, 0.25) is 49.3 Å². The summed E-state index contributed by atoms with van der Waals surface area (Å²) in [5.74, 6) is 3.78. The highest BCUT2D eigenvalue weighted by Crippen LogP contribution is 2.40. The van der Waals surface area contributed by atoms with Gasteiger partial charge >= 0.3 is 15.6 Å². The van der Waals surface area contributed by atoms with Crippen LogP contribution in [0, 0.1) is 23.4 Å². The maximum atomic E-state index is 12.4. The quantitative estimate of drug-likeness (QED) is 0.136. The van der Waals surface area contributed by atoms with Crippen LogP contribution in [0.25, 0.3) is 0 Å². The SMILES string of the molecule is C#C[Si](C)(C)C.C[Si](C)(C)C#Cc1ccc(Cl)cc1C1CCCCC1.O=S(=O)(Oc1ccc(Cl)cc1C1CCCCC1)C(F)(F)F. The number of rotatable bonds is 4. The van der Waals surface area contributed by atoms with Crippen LogP contribution >= 0.6 is 23.2 Å². The van der Waals surface area contributed by atoms with Crippen LogP contribution in [0.3, 0.4) is 0 Å². The number of alkyl halides is 3. The van der Waals surface area contributed by atoms with Crippen LogP contribution in [-0.4, -0.2) is 30.1 Å². The minimum absolute atomic E-state index is 0.0316. The number of halogens is 5. The Bertz CT molecular complexity index is 1500. The highest BCUT2D eigenvalue weighted by atomic mass is 35.5. The summed E-state index contributed by atoms with van der Waals surface area (Å²) in [5, 5.41) is 1.19. The molecule has 0 spiro atoms. The molecular formula is C35H47Cl2F3O3SSi2. The molecule has 0 bridgehead atoms. The van der Waals surface area contributed by atoms with E-state index in [0.29, 0.717) is 16.5 Å². The van der Waals surface area contributed by atoms with Gasteiger partial charge in [0.1, 0.15) is 21.9 Å². The summed E-state index contributed by atoms with van der Waals surface area (Å²) < 4.78 is 63.9. The summed E-state index contributed by atoms with van der Waals surface area (Å²) in [6.45, 7) is 13.3. The molecular weight excluding hydrogens is 685 g/mol. The van der Waals surface area contributed by atoms with Gasteiger partial charge in [-0.2, -0.15) is 21.6 Å². The predicted octanol–water partition coefficient (Wildman–Crippen LogP) is 11.7. The Morgan fingerprint density at radius 1 is 0.761 bits per heavy atom. The third kappa shape index (κ3) is 14.1. The van der Waals surface area contributed by atoms with E-state index in [0.717, 1.165) is 37.1 Å². The Kier molecular flexibility index (Phi) is 15.3. The Morgan fingerprint density at radius 3 is 1.63 bits per heavy atom. The molecule has 11 heteroatoms. The van der Waals surface area contributed by atoms with Crippen molar-refractivity contribution < 1.29 is 25.8 Å². The van der Waals surface area contributed by atoms with Gasteiger partial charge in [-0.05, 0) is 79.5 Å². The van der Waals surface area contributed by atoms with Gasteiger partial charge < -0.3 is 4.18 Å². The maximum absolute atomic E-state index is 12.4. The molecule has 0 radical (unpaired) electrons. The highest BCUT2D eigenvalue weighted by Gasteiger charge is 2.49. The first-order valence-electron chi connectivity index (χ1n) is 15.8. The standard InChI is InChI=1S/C17H23ClSi.C13H14ClF3O3S.C5H10Si/c1-19(2,3)12-11-15-9-10-16(18)13-17(15)14-7-5-4-6-8-14;14-10-6-7-12(20-21(18,19)13(15,16)17)11(8-10)9-4-2-1-3-5-9;1-5-6(2,3)4/h9-10,13-14H,4-8H2,1-3H3;6-9H,1-5H2;1H,2-4H3. The van der Waals surface area contributed by atoms with E-state index in [1.807, 2.05) is 6.07 Å². The van der Waals surface area contributed by atoms with Crippen molar-refractivity contribution in [3.05, 3.63) is 63.1 Å². The van der Waals surface area contributed by atoms with Crippen molar-refractivity contribution in [2.75, 3.05) is 0 Å². The van der Waals surface area contributed by atoms with E-state index in [4.69, 9.17) is 29.6 Å². The molecule has 0 amide bonds. The number of terminal acetylenes is 1. The molecule has 0 heterocycles. The van der Waals surface area contributed by atoms with Crippen LogP contribution in [-0.2, 0) is 10.1 Å². The molecule has 2 aromatic rings. The van der Waals surface area contributed by atoms with E-state index in [1.54, 1.807) is 0 Å². The van der Waals surface area contributed by atoms with E-state index in [2.05, 4.69) is 72.6 Å². The van der Waals surface area contributed by atoms with Gasteiger partial charge in [-0.15, -0.1) is 17.5 Å². The monoisotopic (exact) mass is 730 g/mol. The predicted molar refractivity (Wildman–Crippen MR) is 193 cm³/mol. The molecule has 46 heavy (non-hydrogen) atoms.